The van der Waals surface area contributed by atoms with E-state index in [2.05, 4.69) is 15.8 Å². The van der Waals surface area contributed by atoms with Crippen LogP contribution in [0.4, 0.5) is 5.69 Å². The lowest BCUT2D eigenvalue weighted by molar-refractivity contribution is -0.124. The number of rotatable bonds is 8. The highest BCUT2D eigenvalue weighted by Crippen LogP contribution is 2.23. The molecule has 0 fully saturated rings. The first-order chi connectivity index (χ1) is 12.6. The van der Waals surface area contributed by atoms with Gasteiger partial charge in [0.05, 0.1) is 26.1 Å². The Morgan fingerprint density at radius 2 is 1.65 bits per heavy atom. The van der Waals surface area contributed by atoms with E-state index in [4.69, 9.17) is 9.47 Å². The van der Waals surface area contributed by atoms with Crippen LogP contribution in [0.25, 0.3) is 0 Å². The highest BCUT2D eigenvalue weighted by molar-refractivity contribution is 5.94. The van der Waals surface area contributed by atoms with E-state index >= 15 is 0 Å². The molecule has 2 aromatic rings. The number of amides is 2. The van der Waals surface area contributed by atoms with E-state index in [-0.39, 0.29) is 24.7 Å². The van der Waals surface area contributed by atoms with E-state index in [0.717, 1.165) is 11.3 Å². The van der Waals surface area contributed by atoms with Crippen molar-refractivity contribution in [3.8, 4) is 11.5 Å². The lowest BCUT2D eigenvalue weighted by Crippen LogP contribution is -2.20. The third kappa shape index (κ3) is 5.94. The summed E-state index contributed by atoms with van der Waals surface area (Å²) in [7, 11) is 3.12. The van der Waals surface area contributed by atoms with Gasteiger partial charge in [0.2, 0.25) is 11.8 Å². The molecule has 0 bridgehead atoms. The fourth-order valence-electron chi connectivity index (χ4n) is 2.11. The minimum Gasteiger partial charge on any atom is -0.497 e. The second-order valence-electron chi connectivity index (χ2n) is 5.31. The van der Waals surface area contributed by atoms with E-state index in [0.29, 0.717) is 11.4 Å². The molecule has 0 saturated heterocycles. The van der Waals surface area contributed by atoms with Crippen molar-refractivity contribution in [2.24, 2.45) is 5.10 Å². The summed E-state index contributed by atoms with van der Waals surface area (Å²) < 4.78 is 10.2. The Balaban J connectivity index is 1.75. The molecule has 0 aromatic heterocycles. The summed E-state index contributed by atoms with van der Waals surface area (Å²) in [6, 6.07) is 14.3. The zero-order valence-corrected chi connectivity index (χ0v) is 14.7. The number of hydrogen-bond acceptors (Lipinski definition) is 5. The summed E-state index contributed by atoms with van der Waals surface area (Å²) >= 11 is 0. The highest BCUT2D eigenvalue weighted by atomic mass is 16.5. The standard InChI is InChI=1S/C19H21N3O4/c1-25-15-9-7-14(8-10-15)13-20-22-19(24)12-11-18(23)21-16-5-3-4-6-17(16)26-2/h3-10,13H,11-12H2,1-2H3,(H,21,23)(H,22,24)/b20-13+. The average molecular weight is 355 g/mol. The molecule has 0 atom stereocenters. The van der Waals surface area contributed by atoms with E-state index in [1.165, 1.54) is 13.3 Å². The maximum Gasteiger partial charge on any atom is 0.240 e. The molecule has 0 unspecified atom stereocenters. The molecule has 0 heterocycles. The maximum absolute atomic E-state index is 11.9. The van der Waals surface area contributed by atoms with E-state index in [1.54, 1.807) is 37.4 Å². The molecule has 2 amide bonds. The number of ether oxygens (including phenoxy) is 2. The Morgan fingerprint density at radius 3 is 2.35 bits per heavy atom. The Morgan fingerprint density at radius 1 is 0.962 bits per heavy atom. The predicted octanol–water partition coefficient (Wildman–Crippen LogP) is 2.57. The molecule has 26 heavy (non-hydrogen) atoms. The third-order valence-electron chi connectivity index (χ3n) is 3.48. The van der Waals surface area contributed by atoms with E-state index < -0.39 is 0 Å². The number of carbonyl (C=O) groups excluding carboxylic acids is 2. The molecule has 7 nitrogen and oxygen atoms in total. The topological polar surface area (TPSA) is 89.0 Å². The molecule has 2 N–H and O–H groups in total. The van der Waals surface area contributed by atoms with Gasteiger partial charge in [0, 0.05) is 12.8 Å². The SMILES string of the molecule is COc1ccc(/C=N/NC(=O)CCC(=O)Nc2ccccc2OC)cc1. The van der Waals surface area contributed by atoms with Crippen LogP contribution in [0.5, 0.6) is 11.5 Å². The summed E-state index contributed by atoms with van der Waals surface area (Å²) in [5, 5.41) is 6.58. The molecule has 2 aromatic carbocycles. The van der Waals surface area contributed by atoms with Crippen LogP contribution < -0.4 is 20.2 Å². The van der Waals surface area contributed by atoms with Crippen molar-refractivity contribution in [3.05, 3.63) is 54.1 Å². The molecular formula is C19H21N3O4. The Bertz CT molecular complexity index is 773. The Labute approximate surface area is 152 Å². The van der Waals surface area contributed by atoms with Gasteiger partial charge in [-0.15, -0.1) is 0 Å². The molecular weight excluding hydrogens is 334 g/mol. The van der Waals surface area contributed by atoms with Gasteiger partial charge in [-0.3, -0.25) is 9.59 Å². The van der Waals surface area contributed by atoms with Crippen LogP contribution in [0.1, 0.15) is 18.4 Å². The highest BCUT2D eigenvalue weighted by Gasteiger charge is 2.09. The Kier molecular flexibility index (Phi) is 7.17. The summed E-state index contributed by atoms with van der Waals surface area (Å²) in [6.45, 7) is 0. The zero-order chi connectivity index (χ0) is 18.8. The van der Waals surface area contributed by atoms with Crippen LogP contribution in [0.3, 0.4) is 0 Å². The molecule has 0 aliphatic heterocycles. The fourth-order valence-corrected chi connectivity index (χ4v) is 2.11. The minimum atomic E-state index is -0.343. The quantitative estimate of drug-likeness (QED) is 0.563. The van der Waals surface area contributed by atoms with Gasteiger partial charge in [-0.05, 0) is 42.0 Å². The summed E-state index contributed by atoms with van der Waals surface area (Å²) in [4.78, 5) is 23.7. The second kappa shape index (κ2) is 9.83. The van der Waals surface area contributed by atoms with Crippen LogP contribution >= 0.6 is 0 Å². The maximum atomic E-state index is 11.9. The van der Waals surface area contributed by atoms with Crippen LogP contribution in [-0.2, 0) is 9.59 Å². The molecule has 0 radical (unpaired) electrons. The van der Waals surface area contributed by atoms with Gasteiger partial charge in [-0.2, -0.15) is 5.10 Å². The van der Waals surface area contributed by atoms with E-state index in [9.17, 15) is 9.59 Å². The van der Waals surface area contributed by atoms with Gasteiger partial charge >= 0.3 is 0 Å². The molecule has 0 spiro atoms. The van der Waals surface area contributed by atoms with E-state index in [1.807, 2.05) is 18.2 Å². The van der Waals surface area contributed by atoms with Crippen LogP contribution in [0, 0.1) is 0 Å². The normalized spacial score (nSPS) is 10.4. The second-order valence-corrected chi connectivity index (χ2v) is 5.31. The van der Waals surface area contributed by atoms with Crippen LogP contribution in [0.2, 0.25) is 0 Å². The molecule has 0 aliphatic carbocycles. The van der Waals surface area contributed by atoms with Crippen molar-refractivity contribution >= 4 is 23.7 Å². The first-order valence-corrected chi connectivity index (χ1v) is 8.01. The van der Waals surface area contributed by atoms with Gasteiger partial charge in [0.25, 0.3) is 0 Å². The van der Waals surface area contributed by atoms with Gasteiger partial charge in [0.1, 0.15) is 11.5 Å². The van der Waals surface area contributed by atoms with Gasteiger partial charge in [-0.1, -0.05) is 12.1 Å². The van der Waals surface area contributed by atoms with Crippen molar-refractivity contribution < 1.29 is 19.1 Å². The molecule has 2 rings (SSSR count). The first-order valence-electron chi connectivity index (χ1n) is 8.01. The summed E-state index contributed by atoms with van der Waals surface area (Å²) in [5.74, 6) is 0.690. The Hall–Kier alpha value is -3.35. The number of nitrogens with one attached hydrogen (secondary N) is 2. The smallest absolute Gasteiger partial charge is 0.240 e. The van der Waals surface area contributed by atoms with Crippen molar-refractivity contribution in [1.82, 2.24) is 5.43 Å². The number of carbonyl (C=O) groups is 2. The number of para-hydroxylation sites is 2. The number of nitrogens with zero attached hydrogens (tertiary/aromatic N) is 1. The average Bonchev–Trinajstić information content (AvgIpc) is 2.67. The van der Waals surface area contributed by atoms with Crippen molar-refractivity contribution in [2.45, 2.75) is 12.8 Å². The number of hydrazone groups is 1. The molecule has 0 aliphatic rings. The summed E-state index contributed by atoms with van der Waals surface area (Å²) in [6.07, 6.45) is 1.59. The third-order valence-corrected chi connectivity index (χ3v) is 3.48. The minimum absolute atomic E-state index is 0.0287. The van der Waals surface area contributed by atoms with Gasteiger partial charge in [-0.25, -0.2) is 5.43 Å². The van der Waals surface area contributed by atoms with Gasteiger partial charge < -0.3 is 14.8 Å². The lowest BCUT2D eigenvalue weighted by Gasteiger charge is -2.09. The largest absolute Gasteiger partial charge is 0.497 e. The molecule has 136 valence electrons. The van der Waals surface area contributed by atoms with Crippen molar-refractivity contribution in [2.75, 3.05) is 19.5 Å². The van der Waals surface area contributed by atoms with Gasteiger partial charge in [0.15, 0.2) is 0 Å². The molecule has 7 heteroatoms. The number of methoxy groups -OCH3 is 2. The monoisotopic (exact) mass is 355 g/mol. The van der Waals surface area contributed by atoms with Crippen molar-refractivity contribution in [3.63, 3.8) is 0 Å². The van der Waals surface area contributed by atoms with Crippen molar-refractivity contribution in [1.29, 1.82) is 0 Å². The fraction of sp³-hybridized carbons (Fsp3) is 0.211. The number of hydrogen-bond donors (Lipinski definition) is 2. The first kappa shape index (κ1) is 19.0. The number of benzene rings is 2. The molecule has 0 saturated carbocycles. The zero-order valence-electron chi connectivity index (χ0n) is 14.7. The predicted molar refractivity (Wildman–Crippen MR) is 99.6 cm³/mol. The lowest BCUT2D eigenvalue weighted by atomic mass is 10.2. The summed E-state index contributed by atoms with van der Waals surface area (Å²) in [5.41, 5.74) is 3.78. The van der Waals surface area contributed by atoms with Crippen LogP contribution in [0.15, 0.2) is 53.6 Å². The van der Waals surface area contributed by atoms with Crippen LogP contribution in [-0.4, -0.2) is 32.2 Å². The number of anilines is 1.